The highest BCUT2D eigenvalue weighted by Gasteiger charge is 2.31. The normalized spacial score (nSPS) is 17.1. The van der Waals surface area contributed by atoms with Gasteiger partial charge in [-0.3, -0.25) is 0 Å². The van der Waals surface area contributed by atoms with E-state index < -0.39 is 10.0 Å². The van der Waals surface area contributed by atoms with E-state index in [2.05, 4.69) is 10.0 Å². The fourth-order valence-electron chi connectivity index (χ4n) is 2.12. The monoisotopic (exact) mass is 300 g/mol. The third-order valence-corrected chi connectivity index (χ3v) is 5.12. The number of benzene rings is 1. The largest absolute Gasteiger partial charge is 0.313 e. The summed E-state index contributed by atoms with van der Waals surface area (Å²) in [6.07, 6.45) is 2.14. The SMILES string of the molecule is CCNCc1cc(S(=O)(=O)NC(C)C2CC2)ccc1F. The zero-order valence-corrected chi connectivity index (χ0v) is 12.6. The maximum absolute atomic E-state index is 13.6. The molecule has 1 aliphatic carbocycles. The van der Waals surface area contributed by atoms with E-state index in [0.717, 1.165) is 12.8 Å². The van der Waals surface area contributed by atoms with Crippen molar-refractivity contribution in [3.63, 3.8) is 0 Å². The highest BCUT2D eigenvalue weighted by molar-refractivity contribution is 7.89. The van der Waals surface area contributed by atoms with Gasteiger partial charge in [0.2, 0.25) is 10.0 Å². The third kappa shape index (κ3) is 3.77. The van der Waals surface area contributed by atoms with Crippen LogP contribution in [0.25, 0.3) is 0 Å². The molecule has 2 N–H and O–H groups in total. The van der Waals surface area contributed by atoms with Crippen LogP contribution in [0.4, 0.5) is 4.39 Å². The second kappa shape index (κ2) is 6.20. The van der Waals surface area contributed by atoms with E-state index in [9.17, 15) is 12.8 Å². The number of halogens is 1. The minimum absolute atomic E-state index is 0.0673. The topological polar surface area (TPSA) is 58.2 Å². The van der Waals surface area contributed by atoms with E-state index in [1.165, 1.54) is 18.2 Å². The highest BCUT2D eigenvalue weighted by atomic mass is 32.2. The molecule has 0 spiro atoms. The Kier molecular flexibility index (Phi) is 4.78. The number of rotatable bonds is 7. The molecule has 4 nitrogen and oxygen atoms in total. The quantitative estimate of drug-likeness (QED) is 0.810. The first-order chi connectivity index (χ1) is 9.44. The molecule has 1 saturated carbocycles. The van der Waals surface area contributed by atoms with E-state index in [4.69, 9.17) is 0 Å². The van der Waals surface area contributed by atoms with Gasteiger partial charge in [-0.1, -0.05) is 6.92 Å². The summed E-state index contributed by atoms with van der Waals surface area (Å²) in [7, 11) is -3.57. The summed E-state index contributed by atoms with van der Waals surface area (Å²) in [6.45, 7) is 4.81. The van der Waals surface area contributed by atoms with Crippen LogP contribution in [-0.2, 0) is 16.6 Å². The van der Waals surface area contributed by atoms with Gasteiger partial charge in [-0.05, 0) is 50.4 Å². The lowest BCUT2D eigenvalue weighted by atomic mass is 10.2. The molecule has 0 radical (unpaired) electrons. The minimum atomic E-state index is -3.57. The Balaban J connectivity index is 2.17. The summed E-state index contributed by atoms with van der Waals surface area (Å²) in [6, 6.07) is 3.86. The van der Waals surface area contributed by atoms with Crippen molar-refractivity contribution < 1.29 is 12.8 Å². The van der Waals surface area contributed by atoms with Crippen molar-refractivity contribution >= 4 is 10.0 Å². The van der Waals surface area contributed by atoms with Gasteiger partial charge in [0.25, 0.3) is 0 Å². The van der Waals surface area contributed by atoms with Crippen LogP contribution >= 0.6 is 0 Å². The third-order valence-electron chi connectivity index (χ3n) is 3.56. The van der Waals surface area contributed by atoms with Gasteiger partial charge in [0.05, 0.1) is 4.90 Å². The second-order valence-corrected chi connectivity index (χ2v) is 6.99. The predicted molar refractivity (Wildman–Crippen MR) is 76.3 cm³/mol. The van der Waals surface area contributed by atoms with Crippen LogP contribution in [0.3, 0.4) is 0 Å². The first kappa shape index (κ1) is 15.4. The fraction of sp³-hybridized carbons (Fsp3) is 0.571. The summed E-state index contributed by atoms with van der Waals surface area (Å²) in [5.74, 6) is 0.0478. The number of sulfonamides is 1. The molecule has 0 amide bonds. The zero-order valence-electron chi connectivity index (χ0n) is 11.8. The summed E-state index contributed by atoms with van der Waals surface area (Å²) < 4.78 is 40.8. The molecule has 1 aliphatic rings. The standard InChI is InChI=1S/C14H21FN2O2S/c1-3-16-9-12-8-13(6-7-14(12)15)20(18,19)17-10(2)11-4-5-11/h6-8,10-11,16-17H,3-5,9H2,1-2H3. The average molecular weight is 300 g/mol. The highest BCUT2D eigenvalue weighted by Crippen LogP contribution is 2.33. The molecule has 2 rings (SSSR count). The molecule has 0 heterocycles. The zero-order chi connectivity index (χ0) is 14.8. The lowest BCUT2D eigenvalue weighted by Crippen LogP contribution is -2.34. The molecule has 0 aromatic heterocycles. The van der Waals surface area contributed by atoms with Gasteiger partial charge in [0, 0.05) is 18.2 Å². The van der Waals surface area contributed by atoms with Gasteiger partial charge in [-0.15, -0.1) is 0 Å². The number of hydrogen-bond acceptors (Lipinski definition) is 3. The van der Waals surface area contributed by atoms with Crippen molar-refractivity contribution in [2.45, 2.75) is 44.2 Å². The molecule has 1 fully saturated rings. The van der Waals surface area contributed by atoms with Gasteiger partial charge in [0.15, 0.2) is 0 Å². The molecule has 1 unspecified atom stereocenters. The Morgan fingerprint density at radius 2 is 2.10 bits per heavy atom. The van der Waals surface area contributed by atoms with Crippen LogP contribution in [0.1, 0.15) is 32.3 Å². The lowest BCUT2D eigenvalue weighted by Gasteiger charge is -2.14. The van der Waals surface area contributed by atoms with Crippen molar-refractivity contribution in [1.29, 1.82) is 0 Å². The first-order valence-corrected chi connectivity index (χ1v) is 8.44. The number of nitrogens with one attached hydrogen (secondary N) is 2. The van der Waals surface area contributed by atoms with Gasteiger partial charge >= 0.3 is 0 Å². The molecule has 0 saturated heterocycles. The van der Waals surface area contributed by atoms with E-state index in [0.29, 0.717) is 24.6 Å². The summed E-state index contributed by atoms with van der Waals surface area (Å²) in [5.41, 5.74) is 0.369. The second-order valence-electron chi connectivity index (χ2n) is 5.28. The average Bonchev–Trinajstić information content (AvgIpc) is 3.21. The Bertz CT molecular complexity index is 571. The maximum Gasteiger partial charge on any atom is 0.240 e. The van der Waals surface area contributed by atoms with Crippen LogP contribution in [0.5, 0.6) is 0 Å². The molecule has 0 aliphatic heterocycles. The lowest BCUT2D eigenvalue weighted by molar-refractivity contribution is 0.537. The molecule has 1 atom stereocenters. The van der Waals surface area contributed by atoms with Gasteiger partial charge < -0.3 is 5.32 Å². The van der Waals surface area contributed by atoms with E-state index in [-0.39, 0.29) is 16.8 Å². The molecule has 20 heavy (non-hydrogen) atoms. The van der Waals surface area contributed by atoms with Crippen LogP contribution in [0.15, 0.2) is 23.1 Å². The molecule has 1 aromatic rings. The van der Waals surface area contributed by atoms with Crippen molar-refractivity contribution in [2.24, 2.45) is 5.92 Å². The van der Waals surface area contributed by atoms with Crippen molar-refractivity contribution in [2.75, 3.05) is 6.54 Å². The van der Waals surface area contributed by atoms with Crippen molar-refractivity contribution in [1.82, 2.24) is 10.0 Å². The summed E-state index contributed by atoms with van der Waals surface area (Å²) in [4.78, 5) is 0.124. The van der Waals surface area contributed by atoms with Crippen molar-refractivity contribution in [3.05, 3.63) is 29.6 Å². The van der Waals surface area contributed by atoms with Crippen molar-refractivity contribution in [3.8, 4) is 0 Å². The Morgan fingerprint density at radius 3 is 2.70 bits per heavy atom. The first-order valence-electron chi connectivity index (χ1n) is 6.95. The van der Waals surface area contributed by atoms with Crippen LogP contribution in [0.2, 0.25) is 0 Å². The predicted octanol–water partition coefficient (Wildman–Crippen LogP) is 2.01. The Labute approximate surface area is 119 Å². The fourth-order valence-corrected chi connectivity index (χ4v) is 3.48. The van der Waals surface area contributed by atoms with E-state index in [1.54, 1.807) is 0 Å². The van der Waals surface area contributed by atoms with Crippen LogP contribution < -0.4 is 10.0 Å². The van der Waals surface area contributed by atoms with Gasteiger partial charge in [0.1, 0.15) is 5.82 Å². The Morgan fingerprint density at radius 1 is 1.40 bits per heavy atom. The smallest absolute Gasteiger partial charge is 0.240 e. The number of hydrogen-bond donors (Lipinski definition) is 2. The summed E-state index contributed by atoms with van der Waals surface area (Å²) >= 11 is 0. The van der Waals surface area contributed by atoms with Gasteiger partial charge in [-0.2, -0.15) is 0 Å². The van der Waals surface area contributed by atoms with Gasteiger partial charge in [-0.25, -0.2) is 17.5 Å². The minimum Gasteiger partial charge on any atom is -0.313 e. The van der Waals surface area contributed by atoms with Crippen LogP contribution in [-0.4, -0.2) is 21.0 Å². The molecule has 0 bridgehead atoms. The molecule has 1 aromatic carbocycles. The molecule has 112 valence electrons. The maximum atomic E-state index is 13.6. The van der Waals surface area contributed by atoms with E-state index >= 15 is 0 Å². The van der Waals surface area contributed by atoms with Crippen LogP contribution in [0, 0.1) is 11.7 Å². The molecular formula is C14H21FN2O2S. The summed E-state index contributed by atoms with van der Waals surface area (Å²) in [5, 5.41) is 3.00. The van der Waals surface area contributed by atoms with E-state index in [1.807, 2.05) is 13.8 Å². The molecular weight excluding hydrogens is 279 g/mol. The Hall–Kier alpha value is -0.980. The molecule has 6 heteroatoms.